The van der Waals surface area contributed by atoms with Crippen LogP contribution in [0.1, 0.15) is 6.42 Å². The lowest BCUT2D eigenvalue weighted by molar-refractivity contribution is -0.153. The molecular weight excluding hydrogens is 504 g/mol. The summed E-state index contributed by atoms with van der Waals surface area (Å²) in [6.45, 7) is 0.0620. The first-order valence-corrected chi connectivity index (χ1v) is 12.0. The van der Waals surface area contributed by atoms with E-state index in [4.69, 9.17) is 14.2 Å². The number of barbiturate groups is 1. The van der Waals surface area contributed by atoms with Crippen molar-refractivity contribution in [3.8, 4) is 22.9 Å². The third-order valence-electron chi connectivity index (χ3n) is 6.15. The number of hydrogen-bond acceptors (Lipinski definition) is 9. The number of nitrogens with zero attached hydrogens (tertiary/aromatic N) is 4. The Bertz CT molecular complexity index is 1530. The van der Waals surface area contributed by atoms with Gasteiger partial charge >= 0.3 is 6.03 Å². The zero-order chi connectivity index (χ0) is 27.6. The van der Waals surface area contributed by atoms with Gasteiger partial charge in [0.05, 0.1) is 18.3 Å². The van der Waals surface area contributed by atoms with Gasteiger partial charge in [-0.25, -0.2) is 14.5 Å². The first kappa shape index (κ1) is 25.7. The van der Waals surface area contributed by atoms with Gasteiger partial charge in [-0.3, -0.25) is 20.2 Å². The molecule has 1 aliphatic rings. The van der Waals surface area contributed by atoms with Gasteiger partial charge in [-0.15, -0.1) is 0 Å². The number of carbonyl (C=O) groups excluding carboxylic acids is 3. The minimum Gasteiger partial charge on any atom is -0.467 e. The van der Waals surface area contributed by atoms with Crippen molar-refractivity contribution in [2.75, 3.05) is 32.7 Å². The molecule has 39 heavy (non-hydrogen) atoms. The van der Waals surface area contributed by atoms with E-state index in [1.807, 2.05) is 54.0 Å². The van der Waals surface area contributed by atoms with Crippen molar-refractivity contribution in [1.82, 2.24) is 25.4 Å². The van der Waals surface area contributed by atoms with E-state index in [0.29, 0.717) is 11.5 Å². The number of carbonyl (C=O) groups is 3. The second-order valence-electron chi connectivity index (χ2n) is 9.00. The molecule has 0 radical (unpaired) electrons. The third kappa shape index (κ3) is 4.97. The Balaban J connectivity index is 1.34. The highest BCUT2D eigenvalue weighted by Gasteiger charge is 2.52. The second kappa shape index (κ2) is 10.4. The van der Waals surface area contributed by atoms with Crippen LogP contribution in [0.4, 0.5) is 10.6 Å². The summed E-state index contributed by atoms with van der Waals surface area (Å²) in [5.41, 5.74) is -0.195. The number of benzene rings is 2. The van der Waals surface area contributed by atoms with E-state index in [1.165, 1.54) is 7.11 Å². The molecule has 1 fully saturated rings. The molecule has 1 saturated heterocycles. The van der Waals surface area contributed by atoms with Gasteiger partial charge in [0.25, 0.3) is 17.4 Å². The van der Waals surface area contributed by atoms with Crippen molar-refractivity contribution in [3.63, 3.8) is 0 Å². The molecule has 3 heterocycles. The van der Waals surface area contributed by atoms with Crippen LogP contribution in [-0.4, -0.2) is 66.0 Å². The summed E-state index contributed by atoms with van der Waals surface area (Å²) >= 11 is 0. The van der Waals surface area contributed by atoms with E-state index in [1.54, 1.807) is 36.7 Å². The summed E-state index contributed by atoms with van der Waals surface area (Å²) in [6, 6.07) is 15.0. The summed E-state index contributed by atoms with van der Waals surface area (Å²) in [5.74, 6) is 0.426. The van der Waals surface area contributed by atoms with Crippen LogP contribution in [0.5, 0.6) is 17.2 Å². The fourth-order valence-electron chi connectivity index (χ4n) is 4.24. The predicted molar refractivity (Wildman–Crippen MR) is 141 cm³/mol. The van der Waals surface area contributed by atoms with Crippen molar-refractivity contribution >= 4 is 34.6 Å². The second-order valence-corrected chi connectivity index (χ2v) is 9.00. The molecule has 0 atom stereocenters. The Morgan fingerprint density at radius 1 is 0.949 bits per heavy atom. The van der Waals surface area contributed by atoms with Crippen LogP contribution < -0.4 is 25.0 Å². The highest BCUT2D eigenvalue weighted by molar-refractivity contribution is 6.21. The lowest BCUT2D eigenvalue weighted by Crippen LogP contribution is -2.69. The molecule has 5 rings (SSSR count). The summed E-state index contributed by atoms with van der Waals surface area (Å²) in [7, 11) is 5.30. The first-order chi connectivity index (χ1) is 18.8. The lowest BCUT2D eigenvalue weighted by atomic mass is 9.95. The molecule has 200 valence electrons. The third-order valence-corrected chi connectivity index (χ3v) is 6.15. The molecule has 12 nitrogen and oxygen atoms in total. The van der Waals surface area contributed by atoms with Gasteiger partial charge in [-0.2, -0.15) is 5.10 Å². The van der Waals surface area contributed by atoms with E-state index in [2.05, 4.69) is 20.7 Å². The largest absolute Gasteiger partial charge is 0.467 e. The monoisotopic (exact) mass is 530 g/mol. The fraction of sp³-hybridized carbons (Fsp3) is 0.222. The molecule has 0 saturated carbocycles. The number of nitrogens with one attached hydrogen (secondary N) is 2. The van der Waals surface area contributed by atoms with Crippen molar-refractivity contribution in [2.45, 2.75) is 12.0 Å². The summed E-state index contributed by atoms with van der Waals surface area (Å²) in [4.78, 5) is 43.1. The van der Waals surface area contributed by atoms with Crippen LogP contribution in [0.25, 0.3) is 16.6 Å². The average molecular weight is 531 g/mol. The highest BCUT2D eigenvalue weighted by atomic mass is 16.5. The first-order valence-electron chi connectivity index (χ1n) is 12.0. The SMILES string of the molecule is COCCC1(Oc2ccc(Oc3ccc4c(cnn4-c4cccnc4N(C)C)c3)cc2)C(=O)NC(=O)NC1=O. The van der Waals surface area contributed by atoms with Crippen LogP contribution in [0, 0.1) is 0 Å². The average Bonchev–Trinajstić information content (AvgIpc) is 3.34. The van der Waals surface area contributed by atoms with E-state index in [9.17, 15) is 14.4 Å². The number of hydrogen-bond donors (Lipinski definition) is 2. The predicted octanol–water partition coefficient (Wildman–Crippen LogP) is 2.80. The Morgan fingerprint density at radius 2 is 1.64 bits per heavy atom. The van der Waals surface area contributed by atoms with Crippen molar-refractivity contribution in [1.29, 1.82) is 0 Å². The van der Waals surface area contributed by atoms with Crippen LogP contribution in [0.2, 0.25) is 0 Å². The highest BCUT2D eigenvalue weighted by Crippen LogP contribution is 2.31. The number of urea groups is 1. The number of pyridine rings is 1. The molecule has 2 aromatic carbocycles. The summed E-state index contributed by atoms with van der Waals surface area (Å²) in [5, 5.41) is 9.59. The molecule has 0 aliphatic carbocycles. The van der Waals surface area contributed by atoms with E-state index < -0.39 is 23.4 Å². The maximum atomic E-state index is 12.6. The van der Waals surface area contributed by atoms with Gasteiger partial charge in [-0.05, 0) is 54.6 Å². The molecule has 4 aromatic rings. The smallest absolute Gasteiger partial charge is 0.328 e. The standard InChI is InChI=1S/C27H26N6O6/c1-32(2)23-22(5-4-13-28-23)33-21-11-10-20(15-17(21)16-29-33)38-18-6-8-19(9-7-18)39-27(12-14-37-3)24(34)30-26(36)31-25(27)35/h4-11,13,15-16H,12,14H2,1-3H3,(H2,30,31,34,35,36). The minimum atomic E-state index is -1.95. The van der Waals surface area contributed by atoms with Crippen LogP contribution in [-0.2, 0) is 14.3 Å². The Labute approximate surface area is 223 Å². The Kier molecular flexibility index (Phi) is 6.86. The van der Waals surface area contributed by atoms with E-state index in [-0.39, 0.29) is 18.8 Å². The van der Waals surface area contributed by atoms with E-state index in [0.717, 1.165) is 22.4 Å². The molecule has 4 amide bonds. The number of aromatic nitrogens is 3. The molecule has 0 bridgehead atoms. The van der Waals surface area contributed by atoms with Crippen molar-refractivity contribution in [3.05, 3.63) is 67.0 Å². The van der Waals surface area contributed by atoms with Crippen LogP contribution in [0.3, 0.4) is 0 Å². The topological polar surface area (TPSA) is 137 Å². The minimum absolute atomic E-state index is 0.0620. The molecule has 0 spiro atoms. The van der Waals surface area contributed by atoms with Gasteiger partial charge in [0.15, 0.2) is 5.82 Å². The van der Waals surface area contributed by atoms with Gasteiger partial charge in [0, 0.05) is 39.2 Å². The zero-order valence-electron chi connectivity index (χ0n) is 21.5. The Morgan fingerprint density at radius 3 is 2.33 bits per heavy atom. The number of methoxy groups -OCH3 is 1. The summed E-state index contributed by atoms with van der Waals surface area (Å²) in [6.07, 6.45) is 3.41. The number of anilines is 1. The maximum absolute atomic E-state index is 12.6. The molecule has 2 aromatic heterocycles. The fourth-order valence-corrected chi connectivity index (χ4v) is 4.24. The molecular formula is C27H26N6O6. The lowest BCUT2D eigenvalue weighted by Gasteiger charge is -2.34. The van der Waals surface area contributed by atoms with Crippen LogP contribution >= 0.6 is 0 Å². The number of rotatable bonds is 9. The van der Waals surface area contributed by atoms with Gasteiger partial charge < -0.3 is 19.1 Å². The van der Waals surface area contributed by atoms with Gasteiger partial charge in [0.2, 0.25) is 0 Å². The van der Waals surface area contributed by atoms with Crippen molar-refractivity contribution in [2.24, 2.45) is 0 Å². The van der Waals surface area contributed by atoms with Gasteiger partial charge in [-0.1, -0.05) is 0 Å². The molecule has 2 N–H and O–H groups in total. The Hall–Kier alpha value is -4.97. The normalized spacial score (nSPS) is 14.6. The quantitative estimate of drug-likeness (QED) is 0.313. The molecule has 0 unspecified atom stereocenters. The number of ether oxygens (including phenoxy) is 3. The number of fused-ring (bicyclic) bond motifs is 1. The maximum Gasteiger partial charge on any atom is 0.328 e. The van der Waals surface area contributed by atoms with Gasteiger partial charge in [0.1, 0.15) is 22.9 Å². The zero-order valence-corrected chi connectivity index (χ0v) is 21.5. The number of amides is 4. The van der Waals surface area contributed by atoms with E-state index >= 15 is 0 Å². The van der Waals surface area contributed by atoms with Crippen molar-refractivity contribution < 1.29 is 28.6 Å². The number of imide groups is 2. The summed E-state index contributed by atoms with van der Waals surface area (Å²) < 4.78 is 18.7. The molecule has 12 heteroatoms. The van der Waals surface area contributed by atoms with Crippen LogP contribution in [0.15, 0.2) is 67.0 Å². The molecule has 1 aliphatic heterocycles.